The Morgan fingerprint density at radius 3 is 2.67 bits per heavy atom. The lowest BCUT2D eigenvalue weighted by molar-refractivity contribution is -0.138. The number of thioether (sulfide) groups is 1. The summed E-state index contributed by atoms with van der Waals surface area (Å²) in [7, 11) is 0. The molecule has 0 bridgehead atoms. The summed E-state index contributed by atoms with van der Waals surface area (Å²) in [5.41, 5.74) is 6.37. The molecule has 100 valence electrons. The van der Waals surface area contributed by atoms with Gasteiger partial charge in [-0.15, -0.1) is 0 Å². The standard InChI is InChI=1S/C13H19NO3S/c1-18-8-2-7-17-11-5-3-10(4-6-11)9-12(14)13(15)16/h3-6,12H,2,7-9,14H2,1H3,(H,15,16)/t12-/m1/s1. The van der Waals surface area contributed by atoms with Crippen LogP contribution in [0.2, 0.25) is 0 Å². The molecule has 0 aliphatic carbocycles. The van der Waals surface area contributed by atoms with E-state index >= 15 is 0 Å². The van der Waals surface area contributed by atoms with Gasteiger partial charge in [-0.3, -0.25) is 4.79 Å². The van der Waals surface area contributed by atoms with Crippen LogP contribution in [0.5, 0.6) is 5.75 Å². The molecular formula is C13H19NO3S. The number of rotatable bonds is 8. The van der Waals surface area contributed by atoms with Crippen LogP contribution in [0.3, 0.4) is 0 Å². The number of hydrogen-bond donors (Lipinski definition) is 2. The first-order valence-corrected chi connectivity index (χ1v) is 7.22. The highest BCUT2D eigenvalue weighted by molar-refractivity contribution is 7.98. The SMILES string of the molecule is CSCCCOc1ccc(C[C@@H](N)C(=O)O)cc1. The van der Waals surface area contributed by atoms with Crippen LogP contribution in [0.4, 0.5) is 0 Å². The summed E-state index contributed by atoms with van der Waals surface area (Å²) in [6.45, 7) is 0.703. The van der Waals surface area contributed by atoms with Crippen molar-refractivity contribution in [1.82, 2.24) is 0 Å². The Labute approximate surface area is 112 Å². The molecule has 0 unspecified atom stereocenters. The summed E-state index contributed by atoms with van der Waals surface area (Å²) < 4.78 is 5.55. The predicted molar refractivity (Wildman–Crippen MR) is 74.3 cm³/mol. The van der Waals surface area contributed by atoms with Crippen molar-refractivity contribution in [3.05, 3.63) is 29.8 Å². The van der Waals surface area contributed by atoms with Crippen LogP contribution in [0, 0.1) is 0 Å². The molecule has 1 aromatic carbocycles. The molecule has 3 N–H and O–H groups in total. The van der Waals surface area contributed by atoms with Gasteiger partial charge in [0, 0.05) is 0 Å². The second-order valence-corrected chi connectivity index (χ2v) is 4.97. The first-order chi connectivity index (χ1) is 8.63. The molecule has 1 aromatic rings. The van der Waals surface area contributed by atoms with Gasteiger partial charge in [0.1, 0.15) is 11.8 Å². The molecule has 0 aliphatic heterocycles. The van der Waals surface area contributed by atoms with E-state index in [-0.39, 0.29) is 0 Å². The zero-order chi connectivity index (χ0) is 13.4. The van der Waals surface area contributed by atoms with Crippen molar-refractivity contribution in [2.24, 2.45) is 5.73 Å². The number of carbonyl (C=O) groups is 1. The van der Waals surface area contributed by atoms with E-state index in [1.165, 1.54) is 0 Å². The fourth-order valence-electron chi connectivity index (χ4n) is 1.46. The van der Waals surface area contributed by atoms with E-state index in [1.54, 1.807) is 11.8 Å². The fraction of sp³-hybridized carbons (Fsp3) is 0.462. The number of hydrogen-bond acceptors (Lipinski definition) is 4. The van der Waals surface area contributed by atoms with E-state index in [4.69, 9.17) is 15.6 Å². The van der Waals surface area contributed by atoms with Crippen molar-refractivity contribution in [2.75, 3.05) is 18.6 Å². The zero-order valence-electron chi connectivity index (χ0n) is 10.5. The Hall–Kier alpha value is -1.20. The van der Waals surface area contributed by atoms with Crippen molar-refractivity contribution in [1.29, 1.82) is 0 Å². The minimum Gasteiger partial charge on any atom is -0.494 e. The second kappa shape index (κ2) is 8.00. The van der Waals surface area contributed by atoms with Crippen molar-refractivity contribution in [3.8, 4) is 5.75 Å². The highest BCUT2D eigenvalue weighted by atomic mass is 32.2. The summed E-state index contributed by atoms with van der Waals surface area (Å²) in [6, 6.07) is 6.56. The highest BCUT2D eigenvalue weighted by Crippen LogP contribution is 2.13. The lowest BCUT2D eigenvalue weighted by atomic mass is 10.1. The van der Waals surface area contributed by atoms with Gasteiger partial charge < -0.3 is 15.6 Å². The average molecular weight is 269 g/mol. The molecule has 0 radical (unpaired) electrons. The summed E-state index contributed by atoms with van der Waals surface area (Å²) in [5, 5.41) is 8.71. The van der Waals surface area contributed by atoms with E-state index in [0.29, 0.717) is 13.0 Å². The summed E-state index contributed by atoms with van der Waals surface area (Å²) >= 11 is 1.80. The van der Waals surface area contributed by atoms with Gasteiger partial charge in [-0.05, 0) is 42.5 Å². The Morgan fingerprint density at radius 2 is 2.11 bits per heavy atom. The average Bonchev–Trinajstić information content (AvgIpc) is 2.36. The lowest BCUT2D eigenvalue weighted by Gasteiger charge is -2.08. The van der Waals surface area contributed by atoms with Crippen molar-refractivity contribution < 1.29 is 14.6 Å². The molecule has 0 heterocycles. The van der Waals surface area contributed by atoms with Gasteiger partial charge in [-0.25, -0.2) is 0 Å². The van der Waals surface area contributed by atoms with Gasteiger partial charge in [-0.1, -0.05) is 12.1 Å². The Morgan fingerprint density at radius 1 is 1.44 bits per heavy atom. The topological polar surface area (TPSA) is 72.5 Å². The van der Waals surface area contributed by atoms with Crippen molar-refractivity contribution in [3.63, 3.8) is 0 Å². The maximum atomic E-state index is 10.6. The van der Waals surface area contributed by atoms with Gasteiger partial charge in [0.05, 0.1) is 6.61 Å². The first-order valence-electron chi connectivity index (χ1n) is 5.82. The minimum atomic E-state index is -0.979. The van der Waals surface area contributed by atoms with Crippen LogP contribution in [0.25, 0.3) is 0 Å². The second-order valence-electron chi connectivity index (χ2n) is 3.99. The molecule has 0 aromatic heterocycles. The predicted octanol–water partition coefficient (Wildman–Crippen LogP) is 1.77. The molecule has 0 fully saturated rings. The zero-order valence-corrected chi connectivity index (χ0v) is 11.3. The molecule has 1 atom stereocenters. The fourth-order valence-corrected chi connectivity index (χ4v) is 1.86. The number of carboxylic acids is 1. The molecule has 18 heavy (non-hydrogen) atoms. The normalized spacial score (nSPS) is 12.1. The molecule has 0 saturated heterocycles. The molecule has 0 aliphatic rings. The highest BCUT2D eigenvalue weighted by Gasteiger charge is 2.11. The first kappa shape index (κ1) is 14.9. The maximum Gasteiger partial charge on any atom is 0.320 e. The van der Waals surface area contributed by atoms with Crippen LogP contribution in [0.15, 0.2) is 24.3 Å². The summed E-state index contributed by atoms with van der Waals surface area (Å²) in [5.74, 6) is 0.919. The number of nitrogens with two attached hydrogens (primary N) is 1. The summed E-state index contributed by atoms with van der Waals surface area (Å²) in [4.78, 5) is 10.6. The monoisotopic (exact) mass is 269 g/mol. The smallest absolute Gasteiger partial charge is 0.320 e. The van der Waals surface area contributed by atoms with Gasteiger partial charge in [-0.2, -0.15) is 11.8 Å². The quantitative estimate of drug-likeness (QED) is 0.704. The molecule has 4 nitrogen and oxygen atoms in total. The van der Waals surface area contributed by atoms with E-state index in [0.717, 1.165) is 23.5 Å². The molecule has 0 spiro atoms. The van der Waals surface area contributed by atoms with Crippen LogP contribution in [-0.4, -0.2) is 35.7 Å². The van der Waals surface area contributed by atoms with Gasteiger partial charge in [0.15, 0.2) is 0 Å². The Balaban J connectivity index is 2.40. The van der Waals surface area contributed by atoms with E-state index < -0.39 is 12.0 Å². The number of carboxylic acid groups (broad SMARTS) is 1. The Kier molecular flexibility index (Phi) is 6.60. The van der Waals surface area contributed by atoms with Gasteiger partial charge in [0.2, 0.25) is 0 Å². The third-order valence-electron chi connectivity index (χ3n) is 2.46. The van der Waals surface area contributed by atoms with Crippen molar-refractivity contribution >= 4 is 17.7 Å². The maximum absolute atomic E-state index is 10.6. The largest absolute Gasteiger partial charge is 0.494 e. The third kappa shape index (κ3) is 5.42. The molecule has 0 amide bonds. The third-order valence-corrected chi connectivity index (χ3v) is 3.15. The number of benzene rings is 1. The molecule has 1 rings (SSSR count). The van der Waals surface area contributed by atoms with E-state index in [1.807, 2.05) is 24.3 Å². The summed E-state index contributed by atoms with van der Waals surface area (Å²) in [6.07, 6.45) is 3.43. The van der Waals surface area contributed by atoms with Crippen LogP contribution < -0.4 is 10.5 Å². The number of aliphatic carboxylic acids is 1. The van der Waals surface area contributed by atoms with Gasteiger partial charge >= 0.3 is 5.97 Å². The molecular weight excluding hydrogens is 250 g/mol. The minimum absolute atomic E-state index is 0.335. The molecule has 5 heteroatoms. The number of ether oxygens (including phenoxy) is 1. The van der Waals surface area contributed by atoms with Crippen LogP contribution in [-0.2, 0) is 11.2 Å². The van der Waals surface area contributed by atoms with Crippen molar-refractivity contribution in [2.45, 2.75) is 18.9 Å². The Bertz CT molecular complexity index is 367. The lowest BCUT2D eigenvalue weighted by Crippen LogP contribution is -2.32. The van der Waals surface area contributed by atoms with Gasteiger partial charge in [0.25, 0.3) is 0 Å². The molecule has 0 saturated carbocycles. The van der Waals surface area contributed by atoms with E-state index in [2.05, 4.69) is 6.26 Å². The van der Waals surface area contributed by atoms with Crippen LogP contribution in [0.1, 0.15) is 12.0 Å². The van der Waals surface area contributed by atoms with Crippen LogP contribution >= 0.6 is 11.8 Å². The van der Waals surface area contributed by atoms with E-state index in [9.17, 15) is 4.79 Å².